The molecule has 5 heteroatoms. The van der Waals surface area contributed by atoms with Crippen LogP contribution in [0, 0.1) is 0 Å². The first-order valence-electron chi connectivity index (χ1n) is 7.70. The maximum Gasteiger partial charge on any atom is 0.0767 e. The molecule has 0 radical (unpaired) electrons. The molecule has 1 aromatic heterocycles. The third-order valence-corrected chi connectivity index (χ3v) is 5.01. The number of aryl methyl sites for hydroxylation is 2. The monoisotopic (exact) mass is 343 g/mol. The summed E-state index contributed by atoms with van der Waals surface area (Å²) in [6, 6.07) is 0.517. The van der Waals surface area contributed by atoms with Crippen molar-refractivity contribution in [1.29, 1.82) is 0 Å². The Labute approximate surface area is 130 Å². The molecule has 114 valence electrons. The Bertz CT molecular complexity index is 447. The first-order chi connectivity index (χ1) is 9.60. The predicted molar refractivity (Wildman–Crippen MR) is 84.9 cm³/mol. The average Bonchev–Trinajstić information content (AvgIpc) is 2.75. The van der Waals surface area contributed by atoms with Crippen LogP contribution in [-0.2, 0) is 24.2 Å². The zero-order valence-corrected chi connectivity index (χ0v) is 14.6. The molecule has 0 N–H and O–H groups in total. The second-order valence-corrected chi connectivity index (χ2v) is 6.31. The van der Waals surface area contributed by atoms with Crippen LogP contribution in [0.1, 0.15) is 45.5 Å². The van der Waals surface area contributed by atoms with Gasteiger partial charge in [-0.25, -0.2) is 0 Å². The smallest absolute Gasteiger partial charge is 0.0767 e. The minimum absolute atomic E-state index is 0.320. The molecule has 0 aliphatic carbocycles. The molecule has 0 aromatic carbocycles. The highest BCUT2D eigenvalue weighted by Crippen LogP contribution is 2.26. The van der Waals surface area contributed by atoms with E-state index in [2.05, 4.69) is 53.2 Å². The van der Waals surface area contributed by atoms with Gasteiger partial charge in [-0.05, 0) is 42.6 Å². The van der Waals surface area contributed by atoms with Gasteiger partial charge < -0.3 is 4.74 Å². The first-order valence-corrected chi connectivity index (χ1v) is 8.49. The summed E-state index contributed by atoms with van der Waals surface area (Å²) in [6.07, 6.45) is 2.42. The van der Waals surface area contributed by atoms with E-state index in [4.69, 9.17) is 9.84 Å². The molecule has 0 bridgehead atoms. The minimum atomic E-state index is 0.320. The van der Waals surface area contributed by atoms with Crippen LogP contribution < -0.4 is 0 Å². The van der Waals surface area contributed by atoms with Crippen molar-refractivity contribution in [3.63, 3.8) is 0 Å². The quantitative estimate of drug-likeness (QED) is 0.822. The van der Waals surface area contributed by atoms with E-state index >= 15 is 0 Å². The summed E-state index contributed by atoms with van der Waals surface area (Å²) in [5.41, 5.74) is 2.47. The van der Waals surface area contributed by atoms with Crippen LogP contribution in [0.5, 0.6) is 0 Å². The van der Waals surface area contributed by atoms with Gasteiger partial charge in [0.2, 0.25) is 0 Å². The second-order valence-electron chi connectivity index (χ2n) is 5.51. The fraction of sp³-hybridized carbons (Fsp3) is 0.800. The van der Waals surface area contributed by atoms with Gasteiger partial charge in [-0.3, -0.25) is 9.58 Å². The Kier molecular flexibility index (Phi) is 5.64. The summed E-state index contributed by atoms with van der Waals surface area (Å²) in [4.78, 5) is 2.54. The molecular weight excluding hydrogens is 318 g/mol. The Morgan fingerprint density at radius 2 is 2.10 bits per heavy atom. The molecular formula is C15H26BrN3O. The van der Waals surface area contributed by atoms with Gasteiger partial charge in [-0.2, -0.15) is 5.10 Å². The van der Waals surface area contributed by atoms with Crippen LogP contribution in [0.3, 0.4) is 0 Å². The third kappa shape index (κ3) is 3.26. The van der Waals surface area contributed by atoms with E-state index in [0.717, 1.165) is 44.8 Å². The van der Waals surface area contributed by atoms with Gasteiger partial charge in [-0.15, -0.1) is 0 Å². The molecule has 0 amide bonds. The lowest BCUT2D eigenvalue weighted by molar-refractivity contribution is -0.0600. The number of hydrogen-bond acceptors (Lipinski definition) is 3. The molecule has 1 saturated heterocycles. The van der Waals surface area contributed by atoms with Crippen molar-refractivity contribution >= 4 is 15.9 Å². The summed E-state index contributed by atoms with van der Waals surface area (Å²) in [5.74, 6) is 0. The summed E-state index contributed by atoms with van der Waals surface area (Å²) in [6.45, 7) is 12.4. The van der Waals surface area contributed by atoms with Crippen molar-refractivity contribution in [3.05, 3.63) is 15.9 Å². The fourth-order valence-corrected chi connectivity index (χ4v) is 3.53. The van der Waals surface area contributed by atoms with Gasteiger partial charge in [0.1, 0.15) is 0 Å². The van der Waals surface area contributed by atoms with E-state index < -0.39 is 0 Å². The zero-order chi connectivity index (χ0) is 14.7. The van der Waals surface area contributed by atoms with Gasteiger partial charge in [-0.1, -0.05) is 13.8 Å². The molecule has 1 fully saturated rings. The molecule has 0 saturated carbocycles. The number of ether oxygens (including phenoxy) is 1. The van der Waals surface area contributed by atoms with Crippen LogP contribution in [0.25, 0.3) is 0 Å². The van der Waals surface area contributed by atoms with Gasteiger partial charge in [0.15, 0.2) is 0 Å². The van der Waals surface area contributed by atoms with Crippen LogP contribution in [0.4, 0.5) is 0 Å². The number of halogens is 1. The molecule has 1 aliphatic rings. The minimum Gasteiger partial charge on any atom is -0.376 e. The Hall–Kier alpha value is -0.390. The molecule has 2 unspecified atom stereocenters. The molecule has 2 rings (SSSR count). The Morgan fingerprint density at radius 1 is 1.35 bits per heavy atom. The summed E-state index contributed by atoms with van der Waals surface area (Å²) >= 11 is 3.75. The predicted octanol–water partition coefficient (Wildman–Crippen LogP) is 3.23. The molecule has 0 spiro atoms. The summed E-state index contributed by atoms with van der Waals surface area (Å²) in [5, 5.41) is 4.69. The van der Waals surface area contributed by atoms with Crippen molar-refractivity contribution in [3.8, 4) is 0 Å². The lowest BCUT2D eigenvalue weighted by atomic mass is 10.1. The van der Waals surface area contributed by atoms with Crippen molar-refractivity contribution in [2.45, 2.75) is 65.8 Å². The van der Waals surface area contributed by atoms with E-state index in [-0.39, 0.29) is 0 Å². The van der Waals surface area contributed by atoms with Crippen LogP contribution in [0.15, 0.2) is 4.47 Å². The SMILES string of the molecule is CCc1nn(CC)c(CN2CC(C)OCC2CC)c1Br. The second kappa shape index (κ2) is 7.05. The number of hydrogen-bond donors (Lipinski definition) is 0. The third-order valence-electron chi connectivity index (χ3n) is 4.10. The average molecular weight is 344 g/mol. The van der Waals surface area contributed by atoms with E-state index in [1.807, 2.05) is 0 Å². The highest BCUT2D eigenvalue weighted by Gasteiger charge is 2.27. The summed E-state index contributed by atoms with van der Waals surface area (Å²) < 4.78 is 9.11. The van der Waals surface area contributed by atoms with Gasteiger partial charge in [0.25, 0.3) is 0 Å². The van der Waals surface area contributed by atoms with Gasteiger partial charge in [0, 0.05) is 25.7 Å². The normalized spacial score (nSPS) is 24.2. The largest absolute Gasteiger partial charge is 0.376 e. The maximum absolute atomic E-state index is 5.79. The highest BCUT2D eigenvalue weighted by atomic mass is 79.9. The van der Waals surface area contributed by atoms with Crippen molar-refractivity contribution in [1.82, 2.24) is 14.7 Å². The lowest BCUT2D eigenvalue weighted by Crippen LogP contribution is -2.48. The van der Waals surface area contributed by atoms with Gasteiger partial charge >= 0.3 is 0 Å². The van der Waals surface area contributed by atoms with E-state index in [9.17, 15) is 0 Å². The molecule has 20 heavy (non-hydrogen) atoms. The van der Waals surface area contributed by atoms with Crippen LogP contribution in [0.2, 0.25) is 0 Å². The van der Waals surface area contributed by atoms with Crippen molar-refractivity contribution < 1.29 is 4.74 Å². The van der Waals surface area contributed by atoms with E-state index in [0.29, 0.717) is 12.1 Å². The van der Waals surface area contributed by atoms with E-state index in [1.165, 1.54) is 10.2 Å². The molecule has 1 aromatic rings. The van der Waals surface area contributed by atoms with Crippen LogP contribution >= 0.6 is 15.9 Å². The Balaban J connectivity index is 2.21. The topological polar surface area (TPSA) is 30.3 Å². The number of nitrogens with zero attached hydrogens (tertiary/aromatic N) is 3. The fourth-order valence-electron chi connectivity index (χ4n) is 2.84. The van der Waals surface area contributed by atoms with Crippen molar-refractivity contribution in [2.24, 2.45) is 0 Å². The zero-order valence-electron chi connectivity index (χ0n) is 13.0. The maximum atomic E-state index is 5.79. The van der Waals surface area contributed by atoms with Crippen molar-refractivity contribution in [2.75, 3.05) is 13.2 Å². The lowest BCUT2D eigenvalue weighted by Gasteiger charge is -2.38. The van der Waals surface area contributed by atoms with Gasteiger partial charge in [0.05, 0.1) is 28.6 Å². The molecule has 4 nitrogen and oxygen atoms in total. The summed E-state index contributed by atoms with van der Waals surface area (Å²) in [7, 11) is 0. The van der Waals surface area contributed by atoms with Crippen LogP contribution in [-0.4, -0.2) is 40.0 Å². The Morgan fingerprint density at radius 3 is 2.70 bits per heavy atom. The molecule has 1 aliphatic heterocycles. The number of aromatic nitrogens is 2. The molecule has 2 heterocycles. The van der Waals surface area contributed by atoms with E-state index in [1.54, 1.807) is 0 Å². The molecule has 2 atom stereocenters. The number of rotatable bonds is 5. The standard InChI is InChI=1S/C15H26BrN3O/c1-5-12-10-20-11(4)8-18(12)9-14-15(16)13(6-2)17-19(14)7-3/h11-12H,5-10H2,1-4H3. The number of morpholine rings is 1. The first kappa shape index (κ1) is 16.0. The highest BCUT2D eigenvalue weighted by molar-refractivity contribution is 9.10.